The molecule has 11 heteroatoms. The summed E-state index contributed by atoms with van der Waals surface area (Å²) in [7, 11) is 0. The number of nitro benzene ring substituents is 2. The largest absolute Gasteiger partial charge is 0.378 e. The number of anilines is 1. The molecule has 11 nitrogen and oxygen atoms in total. The van der Waals surface area contributed by atoms with Gasteiger partial charge in [-0.1, -0.05) is 0 Å². The Balaban J connectivity index is 1.75. The van der Waals surface area contributed by atoms with Crippen LogP contribution in [0.25, 0.3) is 0 Å². The fraction of sp³-hybridized carbons (Fsp3) is 0.222. The van der Waals surface area contributed by atoms with E-state index in [4.69, 9.17) is 4.74 Å². The Morgan fingerprint density at radius 3 is 2.21 bits per heavy atom. The third-order valence-corrected chi connectivity index (χ3v) is 4.32. The molecule has 0 aliphatic carbocycles. The molecule has 1 saturated heterocycles. The van der Waals surface area contributed by atoms with Gasteiger partial charge in [-0.25, -0.2) is 0 Å². The third-order valence-electron chi connectivity index (χ3n) is 4.32. The minimum absolute atomic E-state index is 0.155. The summed E-state index contributed by atoms with van der Waals surface area (Å²) in [5.74, 6) is -0.948. The van der Waals surface area contributed by atoms with Crippen LogP contribution in [-0.2, 0) is 4.74 Å². The van der Waals surface area contributed by atoms with Gasteiger partial charge in [0.15, 0.2) is 0 Å². The predicted octanol–water partition coefficient (Wildman–Crippen LogP) is 2.23. The molecule has 0 unspecified atom stereocenters. The minimum atomic E-state index is -0.855. The fourth-order valence-corrected chi connectivity index (χ4v) is 2.82. The molecule has 29 heavy (non-hydrogen) atoms. The van der Waals surface area contributed by atoms with Crippen molar-refractivity contribution in [1.82, 2.24) is 4.90 Å². The predicted molar refractivity (Wildman–Crippen MR) is 101 cm³/mol. The molecule has 1 heterocycles. The Morgan fingerprint density at radius 1 is 0.966 bits per heavy atom. The Hall–Kier alpha value is -3.86. The molecule has 0 bridgehead atoms. The van der Waals surface area contributed by atoms with E-state index in [-0.39, 0.29) is 11.5 Å². The van der Waals surface area contributed by atoms with Gasteiger partial charge in [-0.3, -0.25) is 29.8 Å². The summed E-state index contributed by atoms with van der Waals surface area (Å²) in [6, 6.07) is 8.87. The molecule has 1 aliphatic heterocycles. The van der Waals surface area contributed by atoms with Gasteiger partial charge in [0.05, 0.1) is 29.1 Å². The first-order valence-electron chi connectivity index (χ1n) is 8.58. The third kappa shape index (κ3) is 4.52. The molecule has 2 amide bonds. The van der Waals surface area contributed by atoms with E-state index in [1.54, 1.807) is 4.90 Å². The van der Waals surface area contributed by atoms with Crippen LogP contribution in [0.3, 0.4) is 0 Å². The van der Waals surface area contributed by atoms with Gasteiger partial charge in [0.25, 0.3) is 23.2 Å². The molecule has 150 valence electrons. The molecule has 3 rings (SSSR count). The van der Waals surface area contributed by atoms with Crippen molar-refractivity contribution in [3.63, 3.8) is 0 Å². The average molecular weight is 400 g/mol. The van der Waals surface area contributed by atoms with Gasteiger partial charge in [-0.2, -0.15) is 0 Å². The van der Waals surface area contributed by atoms with Gasteiger partial charge < -0.3 is 15.0 Å². The van der Waals surface area contributed by atoms with Gasteiger partial charge in [0.1, 0.15) is 5.56 Å². The molecular formula is C18H16N4O7. The van der Waals surface area contributed by atoms with Crippen LogP contribution in [0.2, 0.25) is 0 Å². The lowest BCUT2D eigenvalue weighted by Crippen LogP contribution is -2.40. The molecule has 1 fully saturated rings. The number of ether oxygens (including phenoxy) is 1. The maximum atomic E-state index is 12.4. The normalized spacial score (nSPS) is 13.6. The van der Waals surface area contributed by atoms with Crippen LogP contribution < -0.4 is 5.32 Å². The average Bonchev–Trinajstić information content (AvgIpc) is 2.73. The quantitative estimate of drug-likeness (QED) is 0.598. The number of carbonyl (C=O) groups is 2. The first kappa shape index (κ1) is 19.9. The Bertz CT molecular complexity index is 969. The van der Waals surface area contributed by atoms with E-state index >= 15 is 0 Å². The van der Waals surface area contributed by atoms with Gasteiger partial charge in [-0.05, 0) is 30.3 Å². The van der Waals surface area contributed by atoms with Crippen molar-refractivity contribution >= 4 is 28.9 Å². The number of rotatable bonds is 5. The summed E-state index contributed by atoms with van der Waals surface area (Å²) in [6.45, 7) is 1.96. The van der Waals surface area contributed by atoms with E-state index in [2.05, 4.69) is 5.32 Å². The SMILES string of the molecule is O=C(Nc1ccc(C(=O)N2CCOCC2)cc1)c1ccc([N+](=O)[O-])cc1[N+](=O)[O-]. The van der Waals surface area contributed by atoms with Crippen LogP contribution in [0.5, 0.6) is 0 Å². The maximum Gasteiger partial charge on any atom is 0.289 e. The zero-order valence-corrected chi connectivity index (χ0v) is 15.1. The molecule has 0 saturated carbocycles. The summed E-state index contributed by atoms with van der Waals surface area (Å²) in [5, 5.41) is 24.5. The summed E-state index contributed by atoms with van der Waals surface area (Å²) >= 11 is 0. The second-order valence-electron chi connectivity index (χ2n) is 6.15. The number of hydrogen-bond acceptors (Lipinski definition) is 7. The van der Waals surface area contributed by atoms with E-state index in [0.29, 0.717) is 37.6 Å². The number of morpholine rings is 1. The Morgan fingerprint density at radius 2 is 1.62 bits per heavy atom. The lowest BCUT2D eigenvalue weighted by atomic mass is 10.1. The number of nitro groups is 2. The second-order valence-corrected chi connectivity index (χ2v) is 6.15. The molecule has 2 aromatic rings. The summed E-state index contributed by atoms with van der Waals surface area (Å²) < 4.78 is 5.21. The van der Waals surface area contributed by atoms with Crippen molar-refractivity contribution in [3.05, 3.63) is 73.8 Å². The number of benzene rings is 2. The van der Waals surface area contributed by atoms with Gasteiger partial charge in [0.2, 0.25) is 0 Å². The number of nitrogens with one attached hydrogen (secondary N) is 1. The first-order valence-corrected chi connectivity index (χ1v) is 8.58. The van der Waals surface area contributed by atoms with Gasteiger partial charge in [0, 0.05) is 30.4 Å². The summed E-state index contributed by atoms with van der Waals surface area (Å²) in [5.41, 5.74) is -0.712. The van der Waals surface area contributed by atoms with Crippen molar-refractivity contribution in [2.75, 3.05) is 31.6 Å². The first-order chi connectivity index (χ1) is 13.9. The van der Waals surface area contributed by atoms with E-state index in [1.807, 2.05) is 0 Å². The van der Waals surface area contributed by atoms with Crippen LogP contribution in [0.15, 0.2) is 42.5 Å². The van der Waals surface area contributed by atoms with Crippen molar-refractivity contribution in [2.24, 2.45) is 0 Å². The Kier molecular flexibility index (Phi) is 5.79. The van der Waals surface area contributed by atoms with Crippen molar-refractivity contribution in [1.29, 1.82) is 0 Å². The zero-order valence-electron chi connectivity index (χ0n) is 15.1. The second kappa shape index (κ2) is 8.44. The summed E-state index contributed by atoms with van der Waals surface area (Å²) in [6.07, 6.45) is 0. The monoisotopic (exact) mass is 400 g/mol. The number of amides is 2. The van der Waals surface area contributed by atoms with Crippen LogP contribution in [0.1, 0.15) is 20.7 Å². The number of hydrogen-bond donors (Lipinski definition) is 1. The molecule has 2 aromatic carbocycles. The highest BCUT2D eigenvalue weighted by molar-refractivity contribution is 6.07. The van der Waals surface area contributed by atoms with Gasteiger partial charge in [-0.15, -0.1) is 0 Å². The smallest absolute Gasteiger partial charge is 0.289 e. The molecule has 1 N–H and O–H groups in total. The zero-order chi connectivity index (χ0) is 21.0. The topological polar surface area (TPSA) is 145 Å². The number of carbonyl (C=O) groups excluding carboxylic acids is 2. The van der Waals surface area contributed by atoms with Crippen molar-refractivity contribution in [2.45, 2.75) is 0 Å². The van der Waals surface area contributed by atoms with E-state index < -0.39 is 27.1 Å². The Labute approximate surface area is 164 Å². The minimum Gasteiger partial charge on any atom is -0.378 e. The van der Waals surface area contributed by atoms with Crippen molar-refractivity contribution < 1.29 is 24.2 Å². The molecule has 0 spiro atoms. The molecule has 0 radical (unpaired) electrons. The lowest BCUT2D eigenvalue weighted by Gasteiger charge is -2.26. The van der Waals surface area contributed by atoms with E-state index in [1.165, 1.54) is 24.3 Å². The van der Waals surface area contributed by atoms with Crippen LogP contribution >= 0.6 is 0 Å². The molecule has 0 atom stereocenters. The van der Waals surface area contributed by atoms with Crippen molar-refractivity contribution in [3.8, 4) is 0 Å². The van der Waals surface area contributed by atoms with Gasteiger partial charge >= 0.3 is 0 Å². The number of nitrogens with zero attached hydrogens (tertiary/aromatic N) is 3. The molecule has 0 aromatic heterocycles. The highest BCUT2D eigenvalue weighted by Gasteiger charge is 2.24. The standard InChI is InChI=1S/C18H16N4O7/c23-17(15-6-5-14(21(25)26)11-16(15)22(27)28)19-13-3-1-12(2-4-13)18(24)20-7-9-29-10-8-20/h1-6,11H,7-10H2,(H,19,23). The fourth-order valence-electron chi connectivity index (χ4n) is 2.82. The maximum absolute atomic E-state index is 12.4. The van der Waals surface area contributed by atoms with Crippen LogP contribution in [0.4, 0.5) is 17.1 Å². The van der Waals surface area contributed by atoms with E-state index in [0.717, 1.165) is 18.2 Å². The highest BCUT2D eigenvalue weighted by atomic mass is 16.6. The van der Waals surface area contributed by atoms with Crippen LogP contribution in [-0.4, -0.2) is 52.9 Å². The summed E-state index contributed by atoms with van der Waals surface area (Å²) in [4.78, 5) is 46.8. The highest BCUT2D eigenvalue weighted by Crippen LogP contribution is 2.25. The van der Waals surface area contributed by atoms with E-state index in [9.17, 15) is 29.8 Å². The van der Waals surface area contributed by atoms with Crippen LogP contribution in [0, 0.1) is 20.2 Å². The molecular weight excluding hydrogens is 384 g/mol. The number of non-ortho nitro benzene ring substituents is 1. The molecule has 1 aliphatic rings. The lowest BCUT2D eigenvalue weighted by molar-refractivity contribution is -0.394.